The first-order chi connectivity index (χ1) is 12.2. The van der Waals surface area contributed by atoms with Gasteiger partial charge in [-0.25, -0.2) is 0 Å². The van der Waals surface area contributed by atoms with Gasteiger partial charge < -0.3 is 9.64 Å². The molecular weight excluding hydrogens is 338 g/mol. The Morgan fingerprint density at radius 2 is 1.73 bits per heavy atom. The predicted molar refractivity (Wildman–Crippen MR) is 89.8 cm³/mol. The Hall–Kier alpha value is -3.21. The summed E-state index contributed by atoms with van der Waals surface area (Å²) in [5, 5.41) is 9.00. The Labute approximate surface area is 150 Å². The van der Waals surface area contributed by atoms with Gasteiger partial charge in [0.05, 0.1) is 23.6 Å². The quantitative estimate of drug-likeness (QED) is 0.555. The van der Waals surface area contributed by atoms with Crippen molar-refractivity contribution < 1.29 is 23.9 Å². The van der Waals surface area contributed by atoms with E-state index in [1.165, 1.54) is 11.9 Å². The van der Waals surface area contributed by atoms with Gasteiger partial charge in [0.15, 0.2) is 6.61 Å². The van der Waals surface area contributed by atoms with Crippen LogP contribution in [0.5, 0.6) is 0 Å². The first-order valence-electron chi connectivity index (χ1n) is 7.98. The maximum absolute atomic E-state index is 12.2. The first kappa shape index (κ1) is 19.1. The molecule has 8 nitrogen and oxygen atoms in total. The molecule has 0 spiro atoms. The normalized spacial score (nSPS) is 13.2. The molecule has 0 aliphatic carbocycles. The molecule has 1 aromatic carbocycles. The standard InChI is InChI=1S/C18H19N3O5/c1-18(2,11-19)20(3)14(22)10-26-15(23)8-9-21-16(24)12-6-4-5-7-13(12)17(21)25/h4-7H,8-10H2,1-3H3. The molecule has 0 radical (unpaired) electrons. The van der Waals surface area contributed by atoms with Crippen molar-refractivity contribution in [2.75, 3.05) is 20.2 Å². The van der Waals surface area contributed by atoms with Crippen LogP contribution in [0.25, 0.3) is 0 Å². The number of amides is 3. The molecule has 0 atom stereocenters. The van der Waals surface area contributed by atoms with Gasteiger partial charge in [0.25, 0.3) is 17.7 Å². The Morgan fingerprint density at radius 3 is 2.23 bits per heavy atom. The van der Waals surface area contributed by atoms with E-state index in [9.17, 15) is 19.2 Å². The molecular formula is C18H19N3O5. The van der Waals surface area contributed by atoms with E-state index in [0.29, 0.717) is 11.1 Å². The molecule has 0 aromatic heterocycles. The van der Waals surface area contributed by atoms with E-state index in [4.69, 9.17) is 10.00 Å². The lowest BCUT2D eigenvalue weighted by atomic mass is 10.1. The number of likely N-dealkylation sites (N-methyl/N-ethyl adjacent to an activating group) is 1. The Kier molecular flexibility index (Phi) is 5.41. The van der Waals surface area contributed by atoms with E-state index < -0.39 is 35.8 Å². The molecule has 0 saturated carbocycles. The number of imide groups is 1. The van der Waals surface area contributed by atoms with E-state index in [1.807, 2.05) is 6.07 Å². The fraction of sp³-hybridized carbons (Fsp3) is 0.389. The van der Waals surface area contributed by atoms with Crippen molar-refractivity contribution in [3.05, 3.63) is 35.4 Å². The highest BCUT2D eigenvalue weighted by atomic mass is 16.5. The average molecular weight is 357 g/mol. The van der Waals surface area contributed by atoms with Crippen molar-refractivity contribution in [1.82, 2.24) is 9.80 Å². The predicted octanol–water partition coefficient (Wildman–Crippen LogP) is 0.976. The van der Waals surface area contributed by atoms with E-state index in [-0.39, 0.29) is 13.0 Å². The number of fused-ring (bicyclic) bond motifs is 1. The van der Waals surface area contributed by atoms with Crippen LogP contribution in [0.1, 0.15) is 41.0 Å². The lowest BCUT2D eigenvalue weighted by Crippen LogP contribution is -2.45. The minimum Gasteiger partial charge on any atom is -0.456 e. The van der Waals surface area contributed by atoms with Crippen molar-refractivity contribution in [3.63, 3.8) is 0 Å². The molecule has 1 aliphatic rings. The molecule has 0 unspecified atom stereocenters. The number of carbonyl (C=O) groups excluding carboxylic acids is 4. The third-order valence-corrected chi connectivity index (χ3v) is 4.26. The fourth-order valence-corrected chi connectivity index (χ4v) is 2.34. The molecule has 8 heteroatoms. The van der Waals surface area contributed by atoms with Gasteiger partial charge in [0, 0.05) is 13.6 Å². The van der Waals surface area contributed by atoms with E-state index in [2.05, 4.69) is 0 Å². The number of hydrogen-bond donors (Lipinski definition) is 0. The smallest absolute Gasteiger partial charge is 0.308 e. The summed E-state index contributed by atoms with van der Waals surface area (Å²) in [5.41, 5.74) is -0.410. The lowest BCUT2D eigenvalue weighted by Gasteiger charge is -2.28. The summed E-state index contributed by atoms with van der Waals surface area (Å²) in [5.74, 6) is -2.14. The zero-order valence-corrected chi connectivity index (χ0v) is 14.8. The molecule has 1 heterocycles. The van der Waals surface area contributed by atoms with Crippen molar-refractivity contribution in [2.24, 2.45) is 0 Å². The van der Waals surface area contributed by atoms with Gasteiger partial charge in [-0.1, -0.05) is 12.1 Å². The molecule has 26 heavy (non-hydrogen) atoms. The fourth-order valence-electron chi connectivity index (χ4n) is 2.34. The Balaban J connectivity index is 1.85. The third kappa shape index (κ3) is 3.72. The van der Waals surface area contributed by atoms with Crippen LogP contribution in [-0.4, -0.2) is 59.2 Å². The van der Waals surface area contributed by atoms with Crippen LogP contribution in [0, 0.1) is 11.3 Å². The number of rotatable bonds is 6. The summed E-state index contributed by atoms with van der Waals surface area (Å²) >= 11 is 0. The zero-order valence-electron chi connectivity index (χ0n) is 14.8. The molecule has 0 N–H and O–H groups in total. The molecule has 1 aromatic rings. The third-order valence-electron chi connectivity index (χ3n) is 4.26. The highest BCUT2D eigenvalue weighted by molar-refractivity contribution is 6.21. The number of carbonyl (C=O) groups is 4. The minimum atomic E-state index is -1.02. The maximum Gasteiger partial charge on any atom is 0.308 e. The van der Waals surface area contributed by atoms with Crippen molar-refractivity contribution in [1.29, 1.82) is 5.26 Å². The number of benzene rings is 1. The summed E-state index contributed by atoms with van der Waals surface area (Å²) in [6.45, 7) is 2.49. The molecule has 1 aliphatic heterocycles. The van der Waals surface area contributed by atoms with Crippen molar-refractivity contribution >= 4 is 23.7 Å². The van der Waals surface area contributed by atoms with Gasteiger partial charge in [-0.2, -0.15) is 5.26 Å². The van der Waals surface area contributed by atoms with Gasteiger partial charge in [-0.05, 0) is 26.0 Å². The van der Waals surface area contributed by atoms with Crippen molar-refractivity contribution in [2.45, 2.75) is 25.8 Å². The molecule has 0 fully saturated rings. The molecule has 2 rings (SSSR count). The van der Waals surface area contributed by atoms with Crippen LogP contribution in [0.2, 0.25) is 0 Å². The highest BCUT2D eigenvalue weighted by Crippen LogP contribution is 2.22. The zero-order chi connectivity index (χ0) is 19.5. The first-order valence-corrected chi connectivity index (χ1v) is 7.98. The Bertz CT molecular complexity index is 774. The molecule has 3 amide bonds. The number of hydrogen-bond acceptors (Lipinski definition) is 6. The van der Waals surface area contributed by atoms with Crippen LogP contribution in [0.4, 0.5) is 0 Å². The second-order valence-electron chi connectivity index (χ2n) is 6.34. The molecule has 0 saturated heterocycles. The number of ether oxygens (including phenoxy) is 1. The second-order valence-corrected chi connectivity index (χ2v) is 6.34. The molecule has 0 bridgehead atoms. The number of esters is 1. The summed E-state index contributed by atoms with van der Waals surface area (Å²) in [6, 6.07) is 8.40. The second kappa shape index (κ2) is 7.35. The van der Waals surface area contributed by atoms with Crippen LogP contribution < -0.4 is 0 Å². The highest BCUT2D eigenvalue weighted by Gasteiger charge is 2.35. The average Bonchev–Trinajstić information content (AvgIpc) is 2.88. The number of nitriles is 1. The molecule has 136 valence electrons. The summed E-state index contributed by atoms with van der Waals surface area (Å²) < 4.78 is 4.88. The minimum absolute atomic E-state index is 0.126. The van der Waals surface area contributed by atoms with Crippen LogP contribution in [0.15, 0.2) is 24.3 Å². The topological polar surface area (TPSA) is 108 Å². The van der Waals surface area contributed by atoms with Crippen molar-refractivity contribution in [3.8, 4) is 6.07 Å². The lowest BCUT2D eigenvalue weighted by molar-refractivity contribution is -0.152. The van der Waals surface area contributed by atoms with E-state index >= 15 is 0 Å². The van der Waals surface area contributed by atoms with Gasteiger partial charge in [0.2, 0.25) is 0 Å². The maximum atomic E-state index is 12.2. The largest absolute Gasteiger partial charge is 0.456 e. The SMILES string of the molecule is CN(C(=O)COC(=O)CCN1C(=O)c2ccccc2C1=O)C(C)(C)C#N. The van der Waals surface area contributed by atoms with Gasteiger partial charge >= 0.3 is 5.97 Å². The monoisotopic (exact) mass is 357 g/mol. The van der Waals surface area contributed by atoms with Gasteiger partial charge in [-0.3, -0.25) is 24.1 Å². The van der Waals surface area contributed by atoms with Crippen LogP contribution >= 0.6 is 0 Å². The van der Waals surface area contributed by atoms with E-state index in [0.717, 1.165) is 4.90 Å². The van der Waals surface area contributed by atoms with Crippen LogP contribution in [-0.2, 0) is 14.3 Å². The van der Waals surface area contributed by atoms with E-state index in [1.54, 1.807) is 38.1 Å². The Morgan fingerprint density at radius 1 is 1.19 bits per heavy atom. The summed E-state index contributed by atoms with van der Waals surface area (Å²) in [6.07, 6.45) is -0.218. The summed E-state index contributed by atoms with van der Waals surface area (Å²) in [7, 11) is 1.44. The summed E-state index contributed by atoms with van der Waals surface area (Å²) in [4.78, 5) is 50.3. The van der Waals surface area contributed by atoms with Crippen LogP contribution in [0.3, 0.4) is 0 Å². The van der Waals surface area contributed by atoms with Gasteiger partial charge in [-0.15, -0.1) is 0 Å². The van der Waals surface area contributed by atoms with Gasteiger partial charge in [0.1, 0.15) is 5.54 Å². The number of nitrogens with zero attached hydrogens (tertiary/aromatic N) is 3.